The number of benzene rings is 1. The van der Waals surface area contributed by atoms with E-state index in [-0.39, 0.29) is 30.8 Å². The Kier molecular flexibility index (Phi) is 20.4. The van der Waals surface area contributed by atoms with Crippen LogP contribution in [0.4, 0.5) is 0 Å². The molecule has 31 heavy (non-hydrogen) atoms. The number of aryl methyl sites for hydroxylation is 1. The molecule has 0 radical (unpaired) electrons. The van der Waals surface area contributed by atoms with Crippen molar-refractivity contribution in [2.75, 3.05) is 0 Å². The Morgan fingerprint density at radius 1 is 0.645 bits per heavy atom. The maximum Gasteiger partial charge on any atom is 2.00 e. The van der Waals surface area contributed by atoms with E-state index in [1.54, 1.807) is 12.1 Å². The van der Waals surface area contributed by atoms with Gasteiger partial charge in [-0.05, 0) is 24.5 Å². The van der Waals surface area contributed by atoms with E-state index in [2.05, 4.69) is 6.92 Å². The van der Waals surface area contributed by atoms with E-state index < -0.39 is 10.1 Å². The average Bonchev–Trinajstić information content (AvgIpc) is 2.72. The summed E-state index contributed by atoms with van der Waals surface area (Å²) in [4.78, 5) is 0.0666. The smallest absolute Gasteiger partial charge is 1.00 e. The molecule has 0 atom stereocenters. The first-order chi connectivity index (χ1) is 14.6. The topological polar surface area (TPSA) is 54.4 Å². The van der Waals surface area contributed by atoms with Crippen LogP contribution in [0.15, 0.2) is 29.2 Å². The monoisotopic (exact) mass is 464 g/mol. The molecular weight excluding hydrogens is 417 g/mol. The van der Waals surface area contributed by atoms with Crippen LogP contribution >= 0.6 is 0 Å². The van der Waals surface area contributed by atoms with Crippen LogP contribution in [0.5, 0.6) is 0 Å². The van der Waals surface area contributed by atoms with Crippen LogP contribution in [-0.2, 0) is 16.5 Å². The van der Waals surface area contributed by atoms with Crippen molar-refractivity contribution in [2.24, 2.45) is 0 Å². The molecule has 1 N–H and O–H groups in total. The van der Waals surface area contributed by atoms with Crippen LogP contribution in [0, 0.1) is 0 Å². The molecule has 178 valence electrons. The van der Waals surface area contributed by atoms with Crippen molar-refractivity contribution < 1.29 is 15.8 Å². The molecule has 1 aromatic rings. The summed E-state index contributed by atoms with van der Waals surface area (Å²) < 4.78 is 32.1. The number of rotatable bonds is 20. The summed E-state index contributed by atoms with van der Waals surface area (Å²) in [7, 11) is -4.11. The largest absolute Gasteiger partial charge is 2.00 e. The van der Waals surface area contributed by atoms with Gasteiger partial charge in [0.25, 0.3) is 10.1 Å². The van der Waals surface area contributed by atoms with Gasteiger partial charge in [-0.3, -0.25) is 4.55 Å². The minimum Gasteiger partial charge on any atom is -1.00 e. The molecule has 0 spiro atoms. The zero-order chi connectivity index (χ0) is 21.9. The fourth-order valence-corrected chi connectivity index (χ4v) is 4.93. The summed E-state index contributed by atoms with van der Waals surface area (Å²) in [6, 6.07) is 6.77. The molecule has 0 aliphatic carbocycles. The van der Waals surface area contributed by atoms with Gasteiger partial charge in [-0.2, -0.15) is 8.42 Å². The summed E-state index contributed by atoms with van der Waals surface area (Å²) in [5.74, 6) is 0. The zero-order valence-electron chi connectivity index (χ0n) is 22.1. The normalized spacial score (nSPS) is 11.4. The standard InChI is InChI=1S/C26H46O3S.Mg.2H/c1-2-3-4-5-6-7-8-9-10-11-12-13-14-15-16-17-18-19-22-25-23-20-21-24-26(25)30(27,28)29;;;/h20-21,23-24H,2-19,22H2,1H3,(H,27,28,29);;;/q;+2;2*-1. The summed E-state index contributed by atoms with van der Waals surface area (Å²) in [6.07, 6.45) is 24.9. The summed E-state index contributed by atoms with van der Waals surface area (Å²) >= 11 is 0. The Morgan fingerprint density at radius 3 is 1.39 bits per heavy atom. The average molecular weight is 465 g/mol. The van der Waals surface area contributed by atoms with Gasteiger partial charge in [0.05, 0.1) is 4.90 Å². The Balaban J connectivity index is -0.00000300. The zero-order valence-corrected chi connectivity index (χ0v) is 22.4. The SMILES string of the molecule is CCCCCCCCCCCCCCCCCCCCc1ccccc1S(=O)(=O)O.[H-].[H-].[Mg+2]. The molecule has 3 nitrogen and oxygen atoms in total. The van der Waals surface area contributed by atoms with Gasteiger partial charge >= 0.3 is 23.1 Å². The fraction of sp³-hybridized carbons (Fsp3) is 0.769. The van der Waals surface area contributed by atoms with Gasteiger partial charge in [0.15, 0.2) is 0 Å². The quantitative estimate of drug-likeness (QED) is 0.120. The molecule has 5 heteroatoms. The first-order valence-corrected chi connectivity index (χ1v) is 14.0. The summed E-state index contributed by atoms with van der Waals surface area (Å²) in [6.45, 7) is 2.28. The van der Waals surface area contributed by atoms with Crippen molar-refractivity contribution in [1.29, 1.82) is 0 Å². The van der Waals surface area contributed by atoms with Crippen molar-refractivity contribution in [3.63, 3.8) is 0 Å². The van der Waals surface area contributed by atoms with E-state index in [1.807, 2.05) is 6.07 Å². The third-order valence-electron chi connectivity index (χ3n) is 6.05. The summed E-state index contributed by atoms with van der Waals surface area (Å²) in [5.41, 5.74) is 0.733. The third-order valence-corrected chi connectivity index (χ3v) is 7.00. The van der Waals surface area contributed by atoms with Crippen molar-refractivity contribution >= 4 is 33.2 Å². The predicted molar refractivity (Wildman–Crippen MR) is 137 cm³/mol. The van der Waals surface area contributed by atoms with Gasteiger partial charge in [-0.1, -0.05) is 134 Å². The van der Waals surface area contributed by atoms with Crippen LogP contribution in [0.3, 0.4) is 0 Å². The van der Waals surface area contributed by atoms with Gasteiger partial charge in [0.2, 0.25) is 0 Å². The van der Waals surface area contributed by atoms with Gasteiger partial charge in [0, 0.05) is 0 Å². The van der Waals surface area contributed by atoms with Gasteiger partial charge in [-0.25, -0.2) is 0 Å². The maximum atomic E-state index is 11.4. The minimum absolute atomic E-state index is 0. The molecule has 0 saturated heterocycles. The Bertz CT molecular complexity index is 642. The molecule has 0 unspecified atom stereocenters. The van der Waals surface area contributed by atoms with Gasteiger partial charge in [0.1, 0.15) is 0 Å². The second-order valence-electron chi connectivity index (χ2n) is 8.84. The second-order valence-corrected chi connectivity index (χ2v) is 10.2. The minimum atomic E-state index is -4.11. The van der Waals surface area contributed by atoms with Crippen LogP contribution in [0.1, 0.15) is 131 Å². The molecular formula is C26H48MgO3S. The van der Waals surface area contributed by atoms with E-state index in [9.17, 15) is 13.0 Å². The van der Waals surface area contributed by atoms with Crippen molar-refractivity contribution in [3.05, 3.63) is 29.8 Å². The Morgan fingerprint density at radius 2 is 1.00 bits per heavy atom. The van der Waals surface area contributed by atoms with Crippen molar-refractivity contribution in [1.82, 2.24) is 0 Å². The van der Waals surface area contributed by atoms with E-state index in [1.165, 1.54) is 109 Å². The molecule has 1 aromatic carbocycles. The predicted octanol–water partition coefficient (Wildman–Crippen LogP) is 8.36. The molecule has 0 aliphatic rings. The van der Waals surface area contributed by atoms with E-state index in [0.717, 1.165) is 18.4 Å². The fourth-order valence-electron chi connectivity index (χ4n) is 4.18. The molecule has 1 rings (SSSR count). The molecule has 0 bridgehead atoms. The van der Waals surface area contributed by atoms with Gasteiger partial charge < -0.3 is 2.85 Å². The van der Waals surface area contributed by atoms with Crippen LogP contribution in [0.25, 0.3) is 0 Å². The number of hydrogen-bond donors (Lipinski definition) is 1. The van der Waals surface area contributed by atoms with Crippen LogP contribution < -0.4 is 0 Å². The van der Waals surface area contributed by atoms with Crippen molar-refractivity contribution in [3.8, 4) is 0 Å². The molecule has 0 heterocycles. The van der Waals surface area contributed by atoms with Gasteiger partial charge in [-0.15, -0.1) is 0 Å². The van der Waals surface area contributed by atoms with Crippen LogP contribution in [0.2, 0.25) is 0 Å². The first-order valence-electron chi connectivity index (χ1n) is 12.6. The Hall–Kier alpha value is -0.104. The molecule has 0 saturated carbocycles. The van der Waals surface area contributed by atoms with E-state index in [4.69, 9.17) is 0 Å². The van der Waals surface area contributed by atoms with Crippen LogP contribution in [-0.4, -0.2) is 36.0 Å². The molecule has 0 amide bonds. The number of hydrogen-bond acceptors (Lipinski definition) is 2. The first kappa shape index (κ1) is 30.9. The number of unbranched alkanes of at least 4 members (excludes halogenated alkanes) is 17. The van der Waals surface area contributed by atoms with Crippen molar-refractivity contribution in [2.45, 2.75) is 134 Å². The Labute approximate surface area is 212 Å². The second kappa shape index (κ2) is 20.5. The third kappa shape index (κ3) is 17.1. The van der Waals surface area contributed by atoms with E-state index in [0.29, 0.717) is 6.42 Å². The maximum absolute atomic E-state index is 11.4. The summed E-state index contributed by atoms with van der Waals surface area (Å²) in [5, 5.41) is 0. The molecule has 0 aliphatic heterocycles. The van der Waals surface area contributed by atoms with E-state index >= 15 is 0 Å². The molecule has 0 fully saturated rings. The molecule has 0 aromatic heterocycles.